The minimum Gasteiger partial charge on any atom is -0.493 e. The summed E-state index contributed by atoms with van der Waals surface area (Å²) in [5.41, 5.74) is 2.30. The van der Waals surface area contributed by atoms with Crippen molar-refractivity contribution in [1.82, 2.24) is 10.3 Å². The second kappa shape index (κ2) is 8.76. The smallest absolute Gasteiger partial charge is 0.175 e. The third kappa shape index (κ3) is 4.71. The molecule has 22 heavy (non-hydrogen) atoms. The summed E-state index contributed by atoms with van der Waals surface area (Å²) in [5, 5.41) is 3.40. The molecule has 0 fully saturated rings. The first kappa shape index (κ1) is 16.8. The molecule has 0 aliphatic heterocycles. The van der Waals surface area contributed by atoms with Crippen LogP contribution in [0.1, 0.15) is 24.5 Å². The molecular formula is C17H21BrN2O2. The van der Waals surface area contributed by atoms with Crippen LogP contribution in [0.4, 0.5) is 0 Å². The molecule has 0 aliphatic carbocycles. The molecule has 5 heteroatoms. The zero-order valence-corrected chi connectivity index (χ0v) is 14.5. The number of nitrogens with zero attached hydrogens (tertiary/aromatic N) is 1. The number of hydrogen-bond donors (Lipinski definition) is 1. The number of halogens is 1. The number of aromatic nitrogens is 1. The predicted molar refractivity (Wildman–Crippen MR) is 91.3 cm³/mol. The van der Waals surface area contributed by atoms with Gasteiger partial charge in [0.2, 0.25) is 0 Å². The van der Waals surface area contributed by atoms with Gasteiger partial charge in [0.15, 0.2) is 11.5 Å². The molecule has 0 saturated carbocycles. The minimum absolute atomic E-state index is 0.674. The fraction of sp³-hybridized carbons (Fsp3) is 0.353. The number of rotatable bonds is 8. The van der Waals surface area contributed by atoms with E-state index in [0.29, 0.717) is 6.61 Å². The van der Waals surface area contributed by atoms with E-state index in [1.54, 1.807) is 13.3 Å². The largest absolute Gasteiger partial charge is 0.493 e. The van der Waals surface area contributed by atoms with Crippen molar-refractivity contribution >= 4 is 15.9 Å². The summed E-state index contributed by atoms with van der Waals surface area (Å²) < 4.78 is 12.1. The van der Waals surface area contributed by atoms with E-state index >= 15 is 0 Å². The number of nitrogens with one attached hydrogen (secondary N) is 1. The fourth-order valence-electron chi connectivity index (χ4n) is 2.07. The first-order valence-corrected chi connectivity index (χ1v) is 8.12. The van der Waals surface area contributed by atoms with Gasteiger partial charge in [-0.25, -0.2) is 0 Å². The molecule has 2 aromatic rings. The minimum atomic E-state index is 0.674. The number of ether oxygens (including phenoxy) is 2. The molecule has 0 unspecified atom stereocenters. The first-order valence-electron chi connectivity index (χ1n) is 7.33. The summed E-state index contributed by atoms with van der Waals surface area (Å²) >= 11 is 3.56. The Hall–Kier alpha value is -1.59. The van der Waals surface area contributed by atoms with E-state index < -0.39 is 0 Å². The molecule has 118 valence electrons. The van der Waals surface area contributed by atoms with Gasteiger partial charge in [0.25, 0.3) is 0 Å². The van der Waals surface area contributed by atoms with Crippen molar-refractivity contribution in [2.45, 2.75) is 26.4 Å². The predicted octanol–water partition coefficient (Wildman–Crippen LogP) is 3.93. The van der Waals surface area contributed by atoms with Crippen LogP contribution in [-0.4, -0.2) is 18.7 Å². The number of hydrogen-bond acceptors (Lipinski definition) is 4. The van der Waals surface area contributed by atoms with Gasteiger partial charge < -0.3 is 14.8 Å². The van der Waals surface area contributed by atoms with Crippen LogP contribution in [0, 0.1) is 0 Å². The van der Waals surface area contributed by atoms with Crippen LogP contribution in [-0.2, 0) is 13.1 Å². The molecule has 1 aromatic heterocycles. The van der Waals surface area contributed by atoms with Crippen molar-refractivity contribution in [3.8, 4) is 11.5 Å². The van der Waals surface area contributed by atoms with Crippen LogP contribution in [0.3, 0.4) is 0 Å². The Kier molecular flexibility index (Phi) is 6.68. The van der Waals surface area contributed by atoms with Crippen molar-refractivity contribution in [3.05, 3.63) is 52.3 Å². The van der Waals surface area contributed by atoms with Gasteiger partial charge in [-0.3, -0.25) is 4.98 Å². The lowest BCUT2D eigenvalue weighted by molar-refractivity contribution is 0.292. The highest BCUT2D eigenvalue weighted by atomic mass is 79.9. The highest BCUT2D eigenvalue weighted by Gasteiger charge is 2.11. The number of methoxy groups -OCH3 is 1. The third-order valence-corrected chi connectivity index (χ3v) is 3.71. The third-order valence-electron chi connectivity index (χ3n) is 3.12. The molecule has 0 radical (unpaired) electrons. The van der Waals surface area contributed by atoms with E-state index in [0.717, 1.165) is 46.6 Å². The summed E-state index contributed by atoms with van der Waals surface area (Å²) in [6.45, 7) is 4.28. The molecule has 0 bridgehead atoms. The first-order chi connectivity index (χ1) is 10.7. The quantitative estimate of drug-likeness (QED) is 0.770. The summed E-state index contributed by atoms with van der Waals surface area (Å²) in [6.07, 6.45) is 4.61. The van der Waals surface area contributed by atoms with Gasteiger partial charge in [-0.15, -0.1) is 0 Å². The molecule has 0 atom stereocenters. The maximum atomic E-state index is 5.74. The van der Waals surface area contributed by atoms with Crippen molar-refractivity contribution < 1.29 is 9.47 Å². The summed E-state index contributed by atoms with van der Waals surface area (Å²) in [7, 11) is 1.66. The molecule has 0 spiro atoms. The van der Waals surface area contributed by atoms with Crippen LogP contribution >= 0.6 is 15.9 Å². The van der Waals surface area contributed by atoms with Crippen molar-refractivity contribution in [2.75, 3.05) is 13.7 Å². The van der Waals surface area contributed by atoms with Crippen molar-refractivity contribution in [3.63, 3.8) is 0 Å². The second-order valence-corrected chi connectivity index (χ2v) is 5.78. The molecule has 2 rings (SSSR count). The molecule has 0 aliphatic rings. The normalized spacial score (nSPS) is 10.5. The molecule has 4 nitrogen and oxygen atoms in total. The number of pyridine rings is 1. The van der Waals surface area contributed by atoms with E-state index in [1.165, 1.54) is 0 Å². The average molecular weight is 365 g/mol. The van der Waals surface area contributed by atoms with Crippen LogP contribution in [0.15, 0.2) is 41.1 Å². The Morgan fingerprint density at radius 3 is 2.73 bits per heavy atom. The van der Waals surface area contributed by atoms with Crippen LogP contribution in [0.5, 0.6) is 11.5 Å². The fourth-order valence-corrected chi connectivity index (χ4v) is 2.68. The second-order valence-electron chi connectivity index (χ2n) is 4.92. The molecular weight excluding hydrogens is 344 g/mol. The molecule has 1 aromatic carbocycles. The van der Waals surface area contributed by atoms with E-state index in [2.05, 4.69) is 45.3 Å². The van der Waals surface area contributed by atoms with Gasteiger partial charge in [-0.2, -0.15) is 0 Å². The summed E-state index contributed by atoms with van der Waals surface area (Å²) in [5.74, 6) is 1.52. The van der Waals surface area contributed by atoms with E-state index in [4.69, 9.17) is 9.47 Å². The van der Waals surface area contributed by atoms with E-state index in [9.17, 15) is 0 Å². The molecule has 0 saturated heterocycles. The van der Waals surface area contributed by atoms with Crippen molar-refractivity contribution in [1.29, 1.82) is 0 Å². The lowest BCUT2D eigenvalue weighted by Crippen LogP contribution is -2.13. The van der Waals surface area contributed by atoms with Crippen LogP contribution < -0.4 is 14.8 Å². The Balaban J connectivity index is 2.00. The van der Waals surface area contributed by atoms with Gasteiger partial charge in [0.1, 0.15) is 0 Å². The highest BCUT2D eigenvalue weighted by molar-refractivity contribution is 9.10. The zero-order chi connectivity index (χ0) is 15.8. The SMILES string of the molecule is CCCOc1c(Br)cc(CNCc2cccnc2)cc1OC. The molecule has 0 amide bonds. The average Bonchev–Trinajstić information content (AvgIpc) is 2.54. The van der Waals surface area contributed by atoms with Gasteiger partial charge in [0, 0.05) is 25.5 Å². The van der Waals surface area contributed by atoms with Gasteiger partial charge in [-0.1, -0.05) is 13.0 Å². The molecule has 1 heterocycles. The monoisotopic (exact) mass is 364 g/mol. The lowest BCUT2D eigenvalue weighted by Gasteiger charge is -2.14. The zero-order valence-electron chi connectivity index (χ0n) is 12.9. The van der Waals surface area contributed by atoms with Crippen LogP contribution in [0.2, 0.25) is 0 Å². The van der Waals surface area contributed by atoms with Crippen molar-refractivity contribution in [2.24, 2.45) is 0 Å². The highest BCUT2D eigenvalue weighted by Crippen LogP contribution is 2.36. The maximum Gasteiger partial charge on any atom is 0.175 e. The molecule has 1 N–H and O–H groups in total. The lowest BCUT2D eigenvalue weighted by atomic mass is 10.2. The standard InChI is InChI=1S/C17H21BrN2O2/c1-3-7-22-17-15(18)8-14(9-16(17)21-2)12-20-11-13-5-4-6-19-10-13/h4-6,8-10,20H,3,7,11-12H2,1-2H3. The van der Waals surface area contributed by atoms with E-state index in [-0.39, 0.29) is 0 Å². The Labute approximate surface area is 140 Å². The topological polar surface area (TPSA) is 43.4 Å². The maximum absolute atomic E-state index is 5.74. The van der Waals surface area contributed by atoms with Gasteiger partial charge in [-0.05, 0) is 51.7 Å². The van der Waals surface area contributed by atoms with Gasteiger partial charge >= 0.3 is 0 Å². The Morgan fingerprint density at radius 2 is 2.05 bits per heavy atom. The summed E-state index contributed by atoms with van der Waals surface area (Å²) in [6, 6.07) is 8.06. The van der Waals surface area contributed by atoms with Gasteiger partial charge in [0.05, 0.1) is 18.2 Å². The Bertz CT molecular complexity index is 591. The Morgan fingerprint density at radius 1 is 1.23 bits per heavy atom. The van der Waals surface area contributed by atoms with E-state index in [1.807, 2.05) is 18.3 Å². The van der Waals surface area contributed by atoms with Crippen LogP contribution in [0.25, 0.3) is 0 Å². The number of benzene rings is 1. The summed E-state index contributed by atoms with van der Waals surface area (Å²) in [4.78, 5) is 4.11.